The molecule has 2 aliphatic rings. The summed E-state index contributed by atoms with van der Waals surface area (Å²) in [6.45, 7) is 3.68. The van der Waals surface area contributed by atoms with Crippen LogP contribution in [-0.4, -0.2) is 51.1 Å². The first-order valence-electron chi connectivity index (χ1n) is 10.2. The van der Waals surface area contributed by atoms with Gasteiger partial charge in [-0.15, -0.1) is 10.2 Å². The minimum Gasteiger partial charge on any atom is -0.341 e. The summed E-state index contributed by atoms with van der Waals surface area (Å²) in [7, 11) is 0. The maximum atomic E-state index is 12.5. The zero-order valence-electron chi connectivity index (χ0n) is 16.5. The lowest BCUT2D eigenvalue weighted by molar-refractivity contribution is -0.119. The van der Waals surface area contributed by atoms with Gasteiger partial charge in [0.2, 0.25) is 11.9 Å². The Morgan fingerprint density at radius 3 is 2.52 bits per heavy atom. The molecule has 1 saturated carbocycles. The van der Waals surface area contributed by atoms with E-state index in [1.165, 1.54) is 18.2 Å². The van der Waals surface area contributed by atoms with Crippen LogP contribution < -0.4 is 15.5 Å². The third kappa shape index (κ3) is 4.90. The average Bonchev–Trinajstić information content (AvgIpc) is 3.45. The van der Waals surface area contributed by atoms with Gasteiger partial charge in [-0.2, -0.15) is 0 Å². The Bertz CT molecular complexity index is 861. The number of aromatic nitrogens is 3. The molecular formula is C20H26N6O2S. The molecule has 1 unspecified atom stereocenters. The van der Waals surface area contributed by atoms with E-state index in [9.17, 15) is 9.59 Å². The van der Waals surface area contributed by atoms with Gasteiger partial charge in [0.05, 0.1) is 10.9 Å². The van der Waals surface area contributed by atoms with E-state index in [1.54, 1.807) is 6.92 Å². The van der Waals surface area contributed by atoms with Crippen molar-refractivity contribution in [3.05, 3.63) is 30.3 Å². The van der Waals surface area contributed by atoms with Crippen molar-refractivity contribution in [2.45, 2.75) is 55.5 Å². The topological polar surface area (TPSA) is 92.2 Å². The Balaban J connectivity index is 1.52. The molecule has 2 fully saturated rings. The molecule has 1 atom stereocenters. The number of carbonyl (C=O) groups is 2. The van der Waals surface area contributed by atoms with Crippen LogP contribution in [0.5, 0.6) is 0 Å². The van der Waals surface area contributed by atoms with Crippen LogP contribution in [0, 0.1) is 0 Å². The van der Waals surface area contributed by atoms with E-state index in [-0.39, 0.29) is 11.9 Å². The van der Waals surface area contributed by atoms with Gasteiger partial charge in [-0.1, -0.05) is 30.0 Å². The Labute approximate surface area is 174 Å². The number of rotatable bonds is 6. The van der Waals surface area contributed by atoms with Crippen LogP contribution in [0.15, 0.2) is 35.5 Å². The van der Waals surface area contributed by atoms with Gasteiger partial charge < -0.3 is 10.2 Å². The van der Waals surface area contributed by atoms with Crippen molar-refractivity contribution in [1.29, 1.82) is 0 Å². The standard InChI is InChI=1S/C20H26N6O2S/c1-14(17(27)22-18(28)21-15-10-11-15)29-20-24-23-19(25-12-6-3-7-13-25)26(20)16-8-4-2-5-9-16/h2,4-5,8-9,14-15H,3,6-7,10-13H2,1H3,(H2,21,22,27,28). The number of nitrogens with one attached hydrogen (secondary N) is 2. The van der Waals surface area contributed by atoms with Gasteiger partial charge in [0.25, 0.3) is 0 Å². The van der Waals surface area contributed by atoms with E-state index >= 15 is 0 Å². The number of para-hydroxylation sites is 1. The summed E-state index contributed by atoms with van der Waals surface area (Å²) < 4.78 is 2.00. The van der Waals surface area contributed by atoms with Gasteiger partial charge >= 0.3 is 6.03 Å². The van der Waals surface area contributed by atoms with Gasteiger partial charge in [0, 0.05) is 19.1 Å². The van der Waals surface area contributed by atoms with E-state index in [1.807, 2.05) is 34.9 Å². The van der Waals surface area contributed by atoms with Crippen LogP contribution in [0.25, 0.3) is 5.69 Å². The molecular weight excluding hydrogens is 388 g/mol. The number of piperidine rings is 1. The highest BCUT2D eigenvalue weighted by molar-refractivity contribution is 8.00. The molecule has 0 bridgehead atoms. The van der Waals surface area contributed by atoms with Crippen molar-refractivity contribution < 1.29 is 9.59 Å². The minimum absolute atomic E-state index is 0.207. The Morgan fingerprint density at radius 2 is 1.83 bits per heavy atom. The Hall–Kier alpha value is -2.55. The van der Waals surface area contributed by atoms with Crippen LogP contribution in [0.1, 0.15) is 39.0 Å². The van der Waals surface area contributed by atoms with E-state index in [2.05, 4.69) is 25.7 Å². The summed E-state index contributed by atoms with van der Waals surface area (Å²) in [5, 5.41) is 14.2. The maximum Gasteiger partial charge on any atom is 0.321 e. The summed E-state index contributed by atoms with van der Waals surface area (Å²) in [5.41, 5.74) is 0.958. The first-order chi connectivity index (χ1) is 14.1. The molecule has 0 spiro atoms. The number of imide groups is 1. The van der Waals surface area contributed by atoms with Crippen LogP contribution in [0.2, 0.25) is 0 Å². The molecule has 1 aromatic carbocycles. The lowest BCUT2D eigenvalue weighted by Crippen LogP contribution is -2.43. The highest BCUT2D eigenvalue weighted by Crippen LogP contribution is 2.30. The quantitative estimate of drug-likeness (QED) is 0.706. The summed E-state index contributed by atoms with van der Waals surface area (Å²) in [4.78, 5) is 26.6. The molecule has 154 valence electrons. The fourth-order valence-corrected chi connectivity index (χ4v) is 4.18. The van der Waals surface area contributed by atoms with Gasteiger partial charge in [-0.3, -0.25) is 14.7 Å². The van der Waals surface area contributed by atoms with E-state index in [0.717, 1.165) is 50.4 Å². The monoisotopic (exact) mass is 414 g/mol. The van der Waals surface area contributed by atoms with Crippen LogP contribution in [0.3, 0.4) is 0 Å². The molecule has 1 saturated heterocycles. The molecule has 1 aromatic heterocycles. The Kier molecular flexibility index (Phi) is 6.03. The molecule has 1 aliphatic carbocycles. The van der Waals surface area contributed by atoms with Gasteiger partial charge in [-0.05, 0) is 51.2 Å². The predicted octanol–water partition coefficient (Wildman–Crippen LogP) is 2.73. The first-order valence-corrected chi connectivity index (χ1v) is 11.0. The number of benzene rings is 1. The molecule has 9 heteroatoms. The van der Waals surface area contributed by atoms with Crippen molar-refractivity contribution in [2.24, 2.45) is 0 Å². The van der Waals surface area contributed by atoms with E-state index in [4.69, 9.17) is 0 Å². The molecule has 2 N–H and O–H groups in total. The van der Waals surface area contributed by atoms with Crippen molar-refractivity contribution >= 4 is 29.6 Å². The number of nitrogens with zero attached hydrogens (tertiary/aromatic N) is 4. The highest BCUT2D eigenvalue weighted by atomic mass is 32.2. The lowest BCUT2D eigenvalue weighted by Gasteiger charge is -2.28. The molecule has 3 amide bonds. The maximum absolute atomic E-state index is 12.5. The van der Waals surface area contributed by atoms with Gasteiger partial charge in [-0.25, -0.2) is 4.79 Å². The van der Waals surface area contributed by atoms with Crippen LogP contribution in [0.4, 0.5) is 10.7 Å². The smallest absolute Gasteiger partial charge is 0.321 e. The van der Waals surface area contributed by atoms with Crippen molar-refractivity contribution in [2.75, 3.05) is 18.0 Å². The van der Waals surface area contributed by atoms with Crippen molar-refractivity contribution in [3.63, 3.8) is 0 Å². The molecule has 8 nitrogen and oxygen atoms in total. The van der Waals surface area contributed by atoms with Crippen molar-refractivity contribution in [3.8, 4) is 5.69 Å². The van der Waals surface area contributed by atoms with Gasteiger partial charge in [0.15, 0.2) is 5.16 Å². The molecule has 1 aliphatic heterocycles. The molecule has 0 radical (unpaired) electrons. The van der Waals surface area contributed by atoms with E-state index < -0.39 is 11.3 Å². The number of carbonyl (C=O) groups excluding carboxylic acids is 2. The number of anilines is 1. The minimum atomic E-state index is -0.485. The number of amides is 3. The first kappa shape index (κ1) is 19.8. The second-order valence-electron chi connectivity index (χ2n) is 7.50. The number of thioether (sulfide) groups is 1. The SMILES string of the molecule is CC(Sc1nnc(N2CCCCC2)n1-c1ccccc1)C(=O)NC(=O)NC1CC1. The van der Waals surface area contributed by atoms with Crippen molar-refractivity contribution in [1.82, 2.24) is 25.4 Å². The molecule has 2 heterocycles. The largest absolute Gasteiger partial charge is 0.341 e. The number of urea groups is 1. The highest BCUT2D eigenvalue weighted by Gasteiger charge is 2.27. The second-order valence-corrected chi connectivity index (χ2v) is 8.81. The zero-order valence-corrected chi connectivity index (χ0v) is 17.3. The lowest BCUT2D eigenvalue weighted by atomic mass is 10.1. The van der Waals surface area contributed by atoms with Crippen LogP contribution in [-0.2, 0) is 4.79 Å². The normalized spacial score (nSPS) is 17.6. The summed E-state index contributed by atoms with van der Waals surface area (Å²) in [6, 6.07) is 9.71. The molecule has 29 heavy (non-hydrogen) atoms. The fraction of sp³-hybridized carbons (Fsp3) is 0.500. The zero-order chi connectivity index (χ0) is 20.2. The third-order valence-electron chi connectivity index (χ3n) is 5.07. The number of hydrogen-bond donors (Lipinski definition) is 2. The third-order valence-corrected chi connectivity index (χ3v) is 6.11. The fourth-order valence-electron chi connectivity index (χ4n) is 3.31. The van der Waals surface area contributed by atoms with E-state index in [0.29, 0.717) is 5.16 Å². The second kappa shape index (κ2) is 8.86. The predicted molar refractivity (Wildman–Crippen MR) is 112 cm³/mol. The molecule has 4 rings (SSSR count). The Morgan fingerprint density at radius 1 is 1.10 bits per heavy atom. The molecule has 2 aromatic rings. The summed E-state index contributed by atoms with van der Waals surface area (Å²) >= 11 is 1.31. The summed E-state index contributed by atoms with van der Waals surface area (Å²) in [6.07, 6.45) is 5.46. The van der Waals surface area contributed by atoms with Crippen LogP contribution >= 0.6 is 11.8 Å². The number of hydrogen-bond acceptors (Lipinski definition) is 6. The van der Waals surface area contributed by atoms with Gasteiger partial charge in [0.1, 0.15) is 0 Å². The summed E-state index contributed by atoms with van der Waals surface area (Å²) in [5.74, 6) is 0.466. The average molecular weight is 415 g/mol.